The number of halogens is 2. The number of nitrogens with one attached hydrogen (secondary N) is 2. The van der Waals surface area contributed by atoms with Crippen molar-refractivity contribution in [2.75, 3.05) is 23.8 Å². The maximum absolute atomic E-state index is 13.0. The molecule has 32 heavy (non-hydrogen) atoms. The summed E-state index contributed by atoms with van der Waals surface area (Å²) >= 11 is 0. The van der Waals surface area contributed by atoms with Gasteiger partial charge in [0, 0.05) is 36.0 Å². The van der Waals surface area contributed by atoms with Crippen molar-refractivity contribution in [3.05, 3.63) is 29.6 Å². The standard InChI is InChI=1S/C19H25F2N9O2/c1-4-32-8-13(22)10(3)24-19-26-17(15(16(23)31)27-28-19)25-12-5-9(2)14-11(6-12)7-30(29-14)18(20)21/h5-7,10,13,18H,4,8,22H2,1-3H3,(H2,23,31)(H2,24,25,26,28)/t10-,13+/m1/s1. The van der Waals surface area contributed by atoms with Gasteiger partial charge in [-0.25, -0.2) is 4.68 Å². The zero-order valence-corrected chi connectivity index (χ0v) is 17.8. The summed E-state index contributed by atoms with van der Waals surface area (Å²) in [4.78, 5) is 16.1. The number of ether oxygens (including phenoxy) is 1. The molecule has 13 heteroatoms. The van der Waals surface area contributed by atoms with Crippen molar-refractivity contribution >= 4 is 34.3 Å². The largest absolute Gasteiger partial charge is 0.380 e. The number of hydrogen-bond donors (Lipinski definition) is 4. The number of hydrogen-bond acceptors (Lipinski definition) is 9. The first-order valence-corrected chi connectivity index (χ1v) is 9.88. The van der Waals surface area contributed by atoms with E-state index in [4.69, 9.17) is 16.2 Å². The molecular formula is C19H25F2N9O2. The van der Waals surface area contributed by atoms with Crippen LogP contribution in [0.2, 0.25) is 0 Å². The first-order valence-electron chi connectivity index (χ1n) is 9.88. The summed E-state index contributed by atoms with van der Waals surface area (Å²) in [5.74, 6) is -0.649. The Morgan fingerprint density at radius 1 is 1.31 bits per heavy atom. The van der Waals surface area contributed by atoms with Crippen LogP contribution in [0.3, 0.4) is 0 Å². The van der Waals surface area contributed by atoms with E-state index in [9.17, 15) is 13.6 Å². The van der Waals surface area contributed by atoms with Gasteiger partial charge in [-0.3, -0.25) is 4.79 Å². The van der Waals surface area contributed by atoms with E-state index in [2.05, 4.69) is 30.9 Å². The molecule has 0 radical (unpaired) electrons. The molecule has 2 aromatic heterocycles. The van der Waals surface area contributed by atoms with E-state index in [0.29, 0.717) is 40.0 Å². The summed E-state index contributed by atoms with van der Waals surface area (Å²) in [5, 5.41) is 18.1. The van der Waals surface area contributed by atoms with Gasteiger partial charge in [-0.05, 0) is 38.5 Å². The number of rotatable bonds is 10. The van der Waals surface area contributed by atoms with E-state index < -0.39 is 12.5 Å². The normalized spacial score (nSPS) is 13.3. The molecule has 3 aromatic rings. The van der Waals surface area contributed by atoms with Crippen molar-refractivity contribution in [1.29, 1.82) is 0 Å². The van der Waals surface area contributed by atoms with Crippen LogP contribution in [0.4, 0.5) is 26.2 Å². The van der Waals surface area contributed by atoms with E-state index >= 15 is 0 Å². The van der Waals surface area contributed by atoms with E-state index in [0.717, 1.165) is 0 Å². The van der Waals surface area contributed by atoms with Gasteiger partial charge < -0.3 is 26.8 Å². The number of nitrogens with zero attached hydrogens (tertiary/aromatic N) is 5. The van der Waals surface area contributed by atoms with Gasteiger partial charge in [0.05, 0.1) is 12.1 Å². The zero-order valence-electron chi connectivity index (χ0n) is 17.8. The number of aryl methyl sites for hydroxylation is 1. The van der Waals surface area contributed by atoms with E-state index in [-0.39, 0.29) is 29.5 Å². The van der Waals surface area contributed by atoms with E-state index in [1.807, 2.05) is 13.8 Å². The van der Waals surface area contributed by atoms with Crippen LogP contribution in [-0.2, 0) is 4.74 Å². The van der Waals surface area contributed by atoms with Gasteiger partial charge in [0.15, 0.2) is 11.5 Å². The topological polar surface area (TPSA) is 159 Å². The predicted molar refractivity (Wildman–Crippen MR) is 115 cm³/mol. The molecule has 1 amide bonds. The second-order valence-corrected chi connectivity index (χ2v) is 7.20. The lowest BCUT2D eigenvalue weighted by Crippen LogP contribution is -2.42. The molecule has 0 aliphatic carbocycles. The maximum Gasteiger partial charge on any atom is 0.333 e. The molecule has 0 aliphatic heterocycles. The first kappa shape index (κ1) is 23.2. The summed E-state index contributed by atoms with van der Waals surface area (Å²) in [6, 6.07) is 2.71. The molecule has 2 heterocycles. The minimum absolute atomic E-state index is 0.0561. The van der Waals surface area contributed by atoms with Gasteiger partial charge in [0.25, 0.3) is 5.91 Å². The van der Waals surface area contributed by atoms with Crippen molar-refractivity contribution in [3.63, 3.8) is 0 Å². The SMILES string of the molecule is CCOC[C@H](N)[C@@H](C)Nc1nnc(C(N)=O)c(Nc2cc(C)c3nn(C(F)F)cc3c2)n1. The molecule has 2 atom stereocenters. The molecule has 0 unspecified atom stereocenters. The second-order valence-electron chi connectivity index (χ2n) is 7.20. The Hall–Kier alpha value is -3.45. The molecule has 3 rings (SSSR count). The lowest BCUT2D eigenvalue weighted by Gasteiger charge is -2.21. The van der Waals surface area contributed by atoms with Gasteiger partial charge in [-0.15, -0.1) is 10.2 Å². The monoisotopic (exact) mass is 449 g/mol. The lowest BCUT2D eigenvalue weighted by atomic mass is 10.1. The van der Waals surface area contributed by atoms with E-state index in [1.54, 1.807) is 19.1 Å². The fraction of sp³-hybridized carbons (Fsp3) is 0.421. The fourth-order valence-electron chi connectivity index (χ4n) is 2.99. The molecule has 0 spiro atoms. The third-order valence-electron chi connectivity index (χ3n) is 4.71. The van der Waals surface area contributed by atoms with Crippen molar-refractivity contribution in [2.45, 2.75) is 39.4 Å². The highest BCUT2D eigenvalue weighted by molar-refractivity contribution is 5.96. The van der Waals surface area contributed by atoms with Crippen LogP contribution in [-0.4, -0.2) is 56.2 Å². The highest BCUT2D eigenvalue weighted by atomic mass is 19.3. The number of fused-ring (bicyclic) bond motifs is 1. The summed E-state index contributed by atoms with van der Waals surface area (Å²) in [6.07, 6.45) is 1.24. The Kier molecular flexibility index (Phi) is 7.10. The summed E-state index contributed by atoms with van der Waals surface area (Å²) in [5.41, 5.74) is 12.9. The fourth-order valence-corrected chi connectivity index (χ4v) is 2.99. The summed E-state index contributed by atoms with van der Waals surface area (Å²) in [7, 11) is 0. The van der Waals surface area contributed by atoms with Crippen molar-refractivity contribution in [1.82, 2.24) is 25.0 Å². The van der Waals surface area contributed by atoms with Gasteiger partial charge in [0.2, 0.25) is 5.95 Å². The van der Waals surface area contributed by atoms with Crippen LogP contribution in [0.15, 0.2) is 18.3 Å². The van der Waals surface area contributed by atoms with Crippen LogP contribution in [0.1, 0.15) is 36.4 Å². The number of anilines is 3. The molecule has 0 fully saturated rings. The first-order chi connectivity index (χ1) is 15.2. The third-order valence-corrected chi connectivity index (χ3v) is 4.71. The number of amides is 1. The Morgan fingerprint density at radius 3 is 2.72 bits per heavy atom. The molecular weight excluding hydrogens is 424 g/mol. The molecule has 0 saturated heterocycles. The minimum Gasteiger partial charge on any atom is -0.380 e. The molecule has 0 aliphatic rings. The van der Waals surface area contributed by atoms with Crippen molar-refractivity contribution < 1.29 is 18.3 Å². The average molecular weight is 449 g/mol. The van der Waals surface area contributed by atoms with Crippen molar-refractivity contribution in [2.24, 2.45) is 11.5 Å². The zero-order chi connectivity index (χ0) is 23.4. The van der Waals surface area contributed by atoms with E-state index in [1.165, 1.54) is 6.20 Å². The molecule has 0 saturated carbocycles. The third kappa shape index (κ3) is 5.23. The van der Waals surface area contributed by atoms with Crippen LogP contribution in [0.25, 0.3) is 10.9 Å². The number of nitrogens with two attached hydrogens (primary N) is 2. The number of carbonyl (C=O) groups is 1. The number of aromatic nitrogens is 5. The Morgan fingerprint density at radius 2 is 2.06 bits per heavy atom. The molecule has 172 valence electrons. The minimum atomic E-state index is -2.75. The van der Waals surface area contributed by atoms with Crippen LogP contribution >= 0.6 is 0 Å². The number of alkyl halides is 2. The Bertz CT molecular complexity index is 1110. The molecule has 11 nitrogen and oxygen atoms in total. The van der Waals surface area contributed by atoms with Gasteiger partial charge >= 0.3 is 6.55 Å². The highest BCUT2D eigenvalue weighted by Crippen LogP contribution is 2.27. The Balaban J connectivity index is 1.89. The van der Waals surface area contributed by atoms with Crippen LogP contribution < -0.4 is 22.1 Å². The number of carbonyl (C=O) groups excluding carboxylic acids is 1. The summed E-state index contributed by atoms with van der Waals surface area (Å²) < 4.78 is 31.9. The summed E-state index contributed by atoms with van der Waals surface area (Å²) in [6.45, 7) is 3.57. The van der Waals surface area contributed by atoms with Gasteiger partial charge in [-0.1, -0.05) is 0 Å². The number of benzene rings is 1. The highest BCUT2D eigenvalue weighted by Gasteiger charge is 2.19. The maximum atomic E-state index is 13.0. The smallest absolute Gasteiger partial charge is 0.333 e. The molecule has 1 aromatic carbocycles. The second kappa shape index (κ2) is 9.78. The number of primary amides is 1. The van der Waals surface area contributed by atoms with Crippen molar-refractivity contribution in [3.8, 4) is 0 Å². The molecule has 6 N–H and O–H groups in total. The lowest BCUT2D eigenvalue weighted by molar-refractivity contribution is 0.0573. The van der Waals surface area contributed by atoms with Crippen LogP contribution in [0, 0.1) is 6.92 Å². The average Bonchev–Trinajstić information content (AvgIpc) is 3.17. The molecule has 0 bridgehead atoms. The Labute approximate surface area is 182 Å². The van der Waals surface area contributed by atoms with Gasteiger partial charge in [0.1, 0.15) is 0 Å². The quantitative estimate of drug-likeness (QED) is 0.363. The predicted octanol–water partition coefficient (Wildman–Crippen LogP) is 1.93. The van der Waals surface area contributed by atoms with Crippen LogP contribution in [0.5, 0.6) is 0 Å². The van der Waals surface area contributed by atoms with Gasteiger partial charge in [-0.2, -0.15) is 18.9 Å².